The van der Waals surface area contributed by atoms with Gasteiger partial charge in [0.2, 0.25) is 11.8 Å². The van der Waals surface area contributed by atoms with Crippen molar-refractivity contribution in [2.24, 2.45) is 0 Å². The standard InChI is InChI=1S/C11H14N2O3/c1-2-12-11(15)8-13-10(14)6-5-9-4-3-7-16-9/h3-7H,2,8H2,1H3,(H,12,15)(H,13,14). The monoisotopic (exact) mass is 222 g/mol. The van der Waals surface area contributed by atoms with Crippen LogP contribution in [0.25, 0.3) is 6.08 Å². The van der Waals surface area contributed by atoms with Gasteiger partial charge in [-0.25, -0.2) is 0 Å². The molecule has 0 aliphatic carbocycles. The lowest BCUT2D eigenvalue weighted by atomic mass is 10.4. The maximum atomic E-state index is 11.2. The SMILES string of the molecule is CCNC(=O)CNC(=O)C=Cc1ccco1. The quantitative estimate of drug-likeness (QED) is 0.714. The Bertz CT molecular complexity index is 369. The van der Waals surface area contributed by atoms with Gasteiger partial charge in [0.1, 0.15) is 5.76 Å². The van der Waals surface area contributed by atoms with E-state index >= 15 is 0 Å². The maximum absolute atomic E-state index is 11.2. The molecule has 2 N–H and O–H groups in total. The van der Waals surface area contributed by atoms with E-state index in [1.54, 1.807) is 12.1 Å². The van der Waals surface area contributed by atoms with Gasteiger partial charge in [0.15, 0.2) is 0 Å². The molecule has 0 saturated heterocycles. The van der Waals surface area contributed by atoms with Crippen molar-refractivity contribution in [2.45, 2.75) is 6.92 Å². The highest BCUT2D eigenvalue weighted by atomic mass is 16.3. The van der Waals surface area contributed by atoms with Gasteiger partial charge in [0.25, 0.3) is 0 Å². The molecule has 1 aromatic heterocycles. The molecule has 1 rings (SSSR count). The minimum absolute atomic E-state index is 0.0187. The van der Waals surface area contributed by atoms with Gasteiger partial charge in [0, 0.05) is 12.6 Å². The normalized spacial score (nSPS) is 10.3. The van der Waals surface area contributed by atoms with Crippen LogP contribution in [0, 0.1) is 0 Å². The van der Waals surface area contributed by atoms with E-state index in [1.807, 2.05) is 6.92 Å². The van der Waals surface area contributed by atoms with Crippen LogP contribution in [0.3, 0.4) is 0 Å². The summed E-state index contributed by atoms with van der Waals surface area (Å²) in [5.41, 5.74) is 0. The summed E-state index contributed by atoms with van der Waals surface area (Å²) >= 11 is 0. The van der Waals surface area contributed by atoms with Crippen molar-refractivity contribution >= 4 is 17.9 Å². The van der Waals surface area contributed by atoms with Crippen LogP contribution < -0.4 is 10.6 Å². The molecule has 1 heterocycles. The van der Waals surface area contributed by atoms with Crippen molar-refractivity contribution in [2.75, 3.05) is 13.1 Å². The second-order valence-corrected chi connectivity index (χ2v) is 3.02. The fraction of sp³-hybridized carbons (Fsp3) is 0.273. The molecule has 1 aromatic rings. The number of carbonyl (C=O) groups is 2. The Balaban J connectivity index is 2.28. The number of hydrogen-bond donors (Lipinski definition) is 2. The van der Waals surface area contributed by atoms with Crippen LogP contribution in [-0.4, -0.2) is 24.9 Å². The average Bonchev–Trinajstić information content (AvgIpc) is 2.77. The molecule has 16 heavy (non-hydrogen) atoms. The van der Waals surface area contributed by atoms with Gasteiger partial charge >= 0.3 is 0 Å². The van der Waals surface area contributed by atoms with Gasteiger partial charge in [-0.2, -0.15) is 0 Å². The van der Waals surface area contributed by atoms with E-state index in [1.165, 1.54) is 18.4 Å². The first-order chi connectivity index (χ1) is 7.72. The molecule has 5 heteroatoms. The molecule has 2 amide bonds. The van der Waals surface area contributed by atoms with Gasteiger partial charge in [-0.3, -0.25) is 9.59 Å². The van der Waals surface area contributed by atoms with Crippen molar-refractivity contribution in [1.82, 2.24) is 10.6 Å². The summed E-state index contributed by atoms with van der Waals surface area (Å²) in [5.74, 6) is 0.0538. The lowest BCUT2D eigenvalue weighted by Gasteiger charge is -2.01. The third kappa shape index (κ3) is 4.45. The first-order valence-electron chi connectivity index (χ1n) is 4.98. The number of rotatable bonds is 5. The highest BCUT2D eigenvalue weighted by Crippen LogP contribution is 2.01. The maximum Gasteiger partial charge on any atom is 0.244 e. The van der Waals surface area contributed by atoms with Crippen molar-refractivity contribution < 1.29 is 14.0 Å². The fourth-order valence-electron chi connectivity index (χ4n) is 1.03. The van der Waals surface area contributed by atoms with E-state index in [4.69, 9.17) is 4.42 Å². The summed E-state index contributed by atoms with van der Waals surface area (Å²) in [6.07, 6.45) is 4.37. The van der Waals surface area contributed by atoms with Crippen LogP contribution in [0.5, 0.6) is 0 Å². The van der Waals surface area contributed by atoms with E-state index in [-0.39, 0.29) is 18.4 Å². The van der Waals surface area contributed by atoms with Gasteiger partial charge < -0.3 is 15.1 Å². The third-order valence-electron chi connectivity index (χ3n) is 1.74. The molecule has 5 nitrogen and oxygen atoms in total. The number of carbonyl (C=O) groups excluding carboxylic acids is 2. The number of furan rings is 1. The van der Waals surface area contributed by atoms with Gasteiger partial charge in [-0.15, -0.1) is 0 Å². The van der Waals surface area contributed by atoms with Crippen LogP contribution in [0.2, 0.25) is 0 Å². The first kappa shape index (κ1) is 12.0. The number of amides is 2. The molecule has 0 atom stereocenters. The van der Waals surface area contributed by atoms with E-state index in [0.29, 0.717) is 12.3 Å². The summed E-state index contributed by atoms with van der Waals surface area (Å²) in [4.78, 5) is 22.2. The first-order valence-corrected chi connectivity index (χ1v) is 4.98. The molecular weight excluding hydrogens is 208 g/mol. The Morgan fingerprint density at radius 2 is 2.25 bits per heavy atom. The summed E-state index contributed by atoms with van der Waals surface area (Å²) in [6.45, 7) is 2.35. The molecule has 0 bridgehead atoms. The van der Waals surface area contributed by atoms with E-state index in [0.717, 1.165) is 0 Å². The fourth-order valence-corrected chi connectivity index (χ4v) is 1.03. The largest absolute Gasteiger partial charge is 0.465 e. The molecule has 0 aliphatic heterocycles. The molecule has 86 valence electrons. The van der Waals surface area contributed by atoms with Crippen LogP contribution >= 0.6 is 0 Å². The summed E-state index contributed by atoms with van der Waals surface area (Å²) < 4.78 is 5.00. The second-order valence-electron chi connectivity index (χ2n) is 3.02. The molecule has 0 aromatic carbocycles. The minimum Gasteiger partial charge on any atom is -0.465 e. The van der Waals surface area contributed by atoms with Crippen molar-refractivity contribution in [3.8, 4) is 0 Å². The number of hydrogen-bond acceptors (Lipinski definition) is 3. The van der Waals surface area contributed by atoms with Crippen molar-refractivity contribution in [3.63, 3.8) is 0 Å². The Morgan fingerprint density at radius 1 is 1.44 bits per heavy atom. The topological polar surface area (TPSA) is 71.3 Å². The average molecular weight is 222 g/mol. The molecule has 0 radical (unpaired) electrons. The van der Waals surface area contributed by atoms with Crippen LogP contribution in [0.15, 0.2) is 28.9 Å². The van der Waals surface area contributed by atoms with Crippen molar-refractivity contribution in [1.29, 1.82) is 0 Å². The zero-order valence-electron chi connectivity index (χ0n) is 9.03. The second kappa shape index (κ2) is 6.44. The zero-order chi connectivity index (χ0) is 11.8. The lowest BCUT2D eigenvalue weighted by molar-refractivity contribution is -0.123. The molecule has 0 saturated carbocycles. The Kier molecular flexibility index (Phi) is 4.85. The van der Waals surface area contributed by atoms with Crippen LogP contribution in [0.4, 0.5) is 0 Å². The Hall–Kier alpha value is -2.04. The molecular formula is C11H14N2O3. The predicted octanol–water partition coefficient (Wildman–Crippen LogP) is 0.545. The highest BCUT2D eigenvalue weighted by Gasteiger charge is 2.00. The molecule has 0 unspecified atom stereocenters. The van der Waals surface area contributed by atoms with Crippen LogP contribution in [-0.2, 0) is 9.59 Å². The smallest absolute Gasteiger partial charge is 0.244 e. The summed E-state index contributed by atoms with van der Waals surface area (Å²) in [6, 6.07) is 3.46. The number of likely N-dealkylation sites (N-methyl/N-ethyl adjacent to an activating group) is 1. The van der Waals surface area contributed by atoms with Gasteiger partial charge in [-0.1, -0.05) is 0 Å². The van der Waals surface area contributed by atoms with E-state index in [2.05, 4.69) is 10.6 Å². The Labute approximate surface area is 93.5 Å². The van der Waals surface area contributed by atoms with Gasteiger partial charge in [-0.05, 0) is 25.1 Å². The molecule has 0 aliphatic rings. The van der Waals surface area contributed by atoms with Crippen LogP contribution in [0.1, 0.15) is 12.7 Å². The lowest BCUT2D eigenvalue weighted by Crippen LogP contribution is -2.35. The zero-order valence-corrected chi connectivity index (χ0v) is 9.03. The minimum atomic E-state index is -0.331. The highest BCUT2D eigenvalue weighted by molar-refractivity contribution is 5.93. The van der Waals surface area contributed by atoms with Gasteiger partial charge in [0.05, 0.1) is 12.8 Å². The number of nitrogens with one attached hydrogen (secondary N) is 2. The molecule has 0 spiro atoms. The molecule has 0 fully saturated rings. The summed E-state index contributed by atoms with van der Waals surface area (Å²) in [5, 5.41) is 5.02. The van der Waals surface area contributed by atoms with E-state index < -0.39 is 0 Å². The van der Waals surface area contributed by atoms with E-state index in [9.17, 15) is 9.59 Å². The Morgan fingerprint density at radius 3 is 2.88 bits per heavy atom. The predicted molar refractivity (Wildman–Crippen MR) is 59.4 cm³/mol. The third-order valence-corrected chi connectivity index (χ3v) is 1.74. The van der Waals surface area contributed by atoms with Crippen molar-refractivity contribution in [3.05, 3.63) is 30.2 Å². The summed E-state index contributed by atoms with van der Waals surface area (Å²) in [7, 11) is 0.